The maximum atomic E-state index is 5.19. The lowest BCUT2D eigenvalue weighted by atomic mass is 9.99. The van der Waals surface area contributed by atoms with Gasteiger partial charge in [-0.1, -0.05) is 158 Å². The highest BCUT2D eigenvalue weighted by Gasteiger charge is 2.18. The van der Waals surface area contributed by atoms with Crippen molar-refractivity contribution in [1.29, 1.82) is 0 Å². The van der Waals surface area contributed by atoms with Crippen LogP contribution in [0.25, 0.3) is 87.7 Å². The lowest BCUT2D eigenvalue weighted by molar-refractivity contribution is 1.08. The molecule has 9 rings (SSSR count). The number of rotatable bonds is 6. The van der Waals surface area contributed by atoms with Crippen LogP contribution in [0.15, 0.2) is 176 Å². The average Bonchev–Trinajstić information content (AvgIpc) is 3.57. The summed E-state index contributed by atoms with van der Waals surface area (Å²) >= 11 is 1.79. The fraction of sp³-hybridized carbons (Fsp3) is 0. The zero-order valence-electron chi connectivity index (χ0n) is 26.5. The van der Waals surface area contributed by atoms with E-state index in [2.05, 4.69) is 152 Å². The van der Waals surface area contributed by atoms with Crippen LogP contribution in [0.5, 0.6) is 0 Å². The zero-order valence-corrected chi connectivity index (χ0v) is 27.3. The molecule has 0 N–H and O–H groups in total. The molecule has 0 aliphatic carbocycles. The number of thiophene rings is 1. The number of nitrogens with zero attached hydrogens (tertiary/aromatic N) is 3. The van der Waals surface area contributed by atoms with Gasteiger partial charge in [0.25, 0.3) is 0 Å². The van der Waals surface area contributed by atoms with Crippen LogP contribution in [-0.4, -0.2) is 15.0 Å². The third-order valence-electron chi connectivity index (χ3n) is 8.96. The van der Waals surface area contributed by atoms with Crippen LogP contribution in [0.3, 0.4) is 0 Å². The van der Waals surface area contributed by atoms with E-state index >= 15 is 0 Å². The highest BCUT2D eigenvalue weighted by Crippen LogP contribution is 2.42. The summed E-state index contributed by atoms with van der Waals surface area (Å²) in [6, 6.07) is 61.6. The van der Waals surface area contributed by atoms with Gasteiger partial charge in [0.1, 0.15) is 0 Å². The molecule has 3 nitrogen and oxygen atoms in total. The van der Waals surface area contributed by atoms with Crippen LogP contribution in [0, 0.1) is 0 Å². The highest BCUT2D eigenvalue weighted by molar-refractivity contribution is 7.26. The van der Waals surface area contributed by atoms with Crippen LogP contribution in [0.2, 0.25) is 0 Å². The first-order chi connectivity index (χ1) is 24.3. The van der Waals surface area contributed by atoms with E-state index in [1.54, 1.807) is 11.3 Å². The highest BCUT2D eigenvalue weighted by atomic mass is 32.1. The third kappa shape index (κ3) is 5.58. The average molecular weight is 644 g/mol. The smallest absolute Gasteiger partial charge is 0.165 e. The lowest BCUT2D eigenvalue weighted by Gasteiger charge is -2.11. The minimum Gasteiger partial charge on any atom is -0.208 e. The van der Waals surface area contributed by atoms with Gasteiger partial charge in [-0.15, -0.1) is 11.3 Å². The van der Waals surface area contributed by atoms with Gasteiger partial charge in [-0.25, -0.2) is 15.0 Å². The van der Waals surface area contributed by atoms with Crippen molar-refractivity contribution in [2.45, 2.75) is 0 Å². The fourth-order valence-corrected chi connectivity index (χ4v) is 7.62. The number of hydrogen-bond acceptors (Lipinski definition) is 4. The van der Waals surface area contributed by atoms with Gasteiger partial charge in [0.2, 0.25) is 0 Å². The van der Waals surface area contributed by atoms with E-state index in [1.165, 1.54) is 31.3 Å². The van der Waals surface area contributed by atoms with Gasteiger partial charge in [-0.3, -0.25) is 0 Å². The Kier molecular flexibility index (Phi) is 7.34. The minimum atomic E-state index is 0.647. The van der Waals surface area contributed by atoms with Crippen LogP contribution in [-0.2, 0) is 0 Å². The maximum Gasteiger partial charge on any atom is 0.165 e. The van der Waals surface area contributed by atoms with E-state index < -0.39 is 0 Å². The van der Waals surface area contributed by atoms with Gasteiger partial charge >= 0.3 is 0 Å². The molecule has 9 aromatic rings. The van der Waals surface area contributed by atoms with E-state index in [0.29, 0.717) is 17.5 Å². The Balaban J connectivity index is 1.18. The summed E-state index contributed by atoms with van der Waals surface area (Å²) in [6.07, 6.45) is 0. The predicted molar refractivity (Wildman–Crippen MR) is 205 cm³/mol. The molecule has 0 saturated carbocycles. The van der Waals surface area contributed by atoms with Crippen LogP contribution < -0.4 is 0 Å². The van der Waals surface area contributed by atoms with Crippen molar-refractivity contribution in [1.82, 2.24) is 15.0 Å². The molecule has 2 aromatic heterocycles. The molecule has 0 aliphatic rings. The summed E-state index contributed by atoms with van der Waals surface area (Å²) < 4.78 is 2.42. The van der Waals surface area contributed by atoms with E-state index in [0.717, 1.165) is 38.9 Å². The standard InChI is InChI=1S/C45H29N3S/c1-4-12-30(13-5-1)32-20-22-33(23-21-32)34-24-26-36(27-25-34)44-46-43(35-16-8-3-9-17-35)47-45(48-44)40-29-37(31-14-6-2-7-15-31)28-39-38-18-10-11-19-41(38)49-42(39)40/h1-29H. The molecule has 49 heavy (non-hydrogen) atoms. The molecule has 0 fully saturated rings. The zero-order chi connectivity index (χ0) is 32.6. The largest absolute Gasteiger partial charge is 0.208 e. The van der Waals surface area contributed by atoms with Gasteiger partial charge < -0.3 is 0 Å². The second-order valence-corrected chi connectivity index (χ2v) is 13.1. The first-order valence-electron chi connectivity index (χ1n) is 16.4. The first-order valence-corrected chi connectivity index (χ1v) is 17.2. The summed E-state index contributed by atoms with van der Waals surface area (Å²) in [4.78, 5) is 15.4. The second-order valence-electron chi connectivity index (χ2n) is 12.1. The molecule has 230 valence electrons. The van der Waals surface area contributed by atoms with Crippen molar-refractivity contribution in [2.75, 3.05) is 0 Å². The van der Waals surface area contributed by atoms with Crippen LogP contribution in [0.1, 0.15) is 0 Å². The van der Waals surface area contributed by atoms with E-state index in [1.807, 2.05) is 24.3 Å². The molecule has 0 amide bonds. The van der Waals surface area contributed by atoms with E-state index in [4.69, 9.17) is 15.0 Å². The summed E-state index contributed by atoms with van der Waals surface area (Å²) in [6.45, 7) is 0. The molecule has 0 spiro atoms. The van der Waals surface area contributed by atoms with Crippen molar-refractivity contribution in [3.05, 3.63) is 176 Å². The van der Waals surface area contributed by atoms with Crippen LogP contribution >= 0.6 is 11.3 Å². The summed E-state index contributed by atoms with van der Waals surface area (Å²) in [7, 11) is 0. The predicted octanol–water partition coefficient (Wildman–Crippen LogP) is 12.2. The molecule has 0 saturated heterocycles. The topological polar surface area (TPSA) is 38.7 Å². The Morgan fingerprint density at radius 3 is 1.29 bits per heavy atom. The molecule has 0 aliphatic heterocycles. The molecule has 0 atom stereocenters. The first kappa shape index (κ1) is 29.0. The molecule has 7 aromatic carbocycles. The number of benzene rings is 7. The SMILES string of the molecule is c1ccc(-c2ccc(-c3ccc(-c4nc(-c5ccccc5)nc(-c5cc(-c6ccccc6)cc6c5sc5ccccc56)n4)cc3)cc2)cc1. The molecular formula is C45H29N3S. The van der Waals surface area contributed by atoms with Gasteiger partial charge in [0, 0.05) is 36.9 Å². The molecular weight excluding hydrogens is 615 g/mol. The fourth-order valence-electron chi connectivity index (χ4n) is 6.43. The normalized spacial score (nSPS) is 11.3. The number of aromatic nitrogens is 3. The molecule has 0 radical (unpaired) electrons. The quantitative estimate of drug-likeness (QED) is 0.181. The van der Waals surface area contributed by atoms with Crippen molar-refractivity contribution in [3.63, 3.8) is 0 Å². The summed E-state index contributed by atoms with van der Waals surface area (Å²) in [5.41, 5.74) is 9.92. The summed E-state index contributed by atoms with van der Waals surface area (Å²) in [5, 5.41) is 2.45. The minimum absolute atomic E-state index is 0.647. The van der Waals surface area contributed by atoms with E-state index in [-0.39, 0.29) is 0 Å². The Morgan fingerprint density at radius 2 is 0.714 bits per heavy atom. The Morgan fingerprint density at radius 1 is 0.306 bits per heavy atom. The lowest BCUT2D eigenvalue weighted by Crippen LogP contribution is -2.00. The Hall–Kier alpha value is -6.23. The van der Waals surface area contributed by atoms with Crippen molar-refractivity contribution >= 4 is 31.5 Å². The van der Waals surface area contributed by atoms with Crippen molar-refractivity contribution in [3.8, 4) is 67.5 Å². The van der Waals surface area contributed by atoms with E-state index in [9.17, 15) is 0 Å². The monoisotopic (exact) mass is 643 g/mol. The maximum absolute atomic E-state index is 5.19. The molecule has 0 unspecified atom stereocenters. The Bertz CT molecular complexity index is 2560. The van der Waals surface area contributed by atoms with Gasteiger partial charge in [-0.05, 0) is 51.6 Å². The van der Waals surface area contributed by atoms with Crippen LogP contribution in [0.4, 0.5) is 0 Å². The Labute approximate surface area is 288 Å². The third-order valence-corrected chi connectivity index (χ3v) is 10.2. The molecule has 4 heteroatoms. The second kappa shape index (κ2) is 12.4. The summed E-state index contributed by atoms with van der Waals surface area (Å²) in [5.74, 6) is 1.97. The van der Waals surface area contributed by atoms with Gasteiger partial charge in [0.15, 0.2) is 17.5 Å². The molecule has 0 bridgehead atoms. The number of hydrogen-bond donors (Lipinski definition) is 0. The van der Waals surface area contributed by atoms with Crippen molar-refractivity contribution in [2.24, 2.45) is 0 Å². The van der Waals surface area contributed by atoms with Gasteiger partial charge in [-0.2, -0.15) is 0 Å². The number of fused-ring (bicyclic) bond motifs is 3. The molecule has 2 heterocycles. The van der Waals surface area contributed by atoms with Gasteiger partial charge in [0.05, 0.1) is 0 Å². The van der Waals surface area contributed by atoms with Crippen molar-refractivity contribution < 1.29 is 0 Å².